The second-order valence-electron chi connectivity index (χ2n) is 2.98. The lowest BCUT2D eigenvalue weighted by molar-refractivity contribution is -0.132. The summed E-state index contributed by atoms with van der Waals surface area (Å²) in [6.07, 6.45) is 0.581. The van der Waals surface area contributed by atoms with E-state index in [-0.39, 0.29) is 5.91 Å². The fraction of sp³-hybridized carbons (Fsp3) is 0.875. The van der Waals surface area contributed by atoms with Gasteiger partial charge in [-0.3, -0.25) is 4.79 Å². The fourth-order valence-corrected chi connectivity index (χ4v) is 2.54. The molecule has 2 nitrogen and oxygen atoms in total. The van der Waals surface area contributed by atoms with Crippen molar-refractivity contribution in [1.82, 2.24) is 4.90 Å². The third-order valence-electron chi connectivity index (χ3n) is 2.01. The van der Waals surface area contributed by atoms with Crippen LogP contribution < -0.4 is 0 Å². The van der Waals surface area contributed by atoms with Gasteiger partial charge in [0.15, 0.2) is 0 Å². The molecule has 0 N–H and O–H groups in total. The number of carbonyl (C=O) groups excluding carboxylic acids is 1. The molecule has 1 unspecified atom stereocenters. The maximum atomic E-state index is 11.5. The highest BCUT2D eigenvalue weighted by molar-refractivity contribution is 7.99. The van der Waals surface area contributed by atoms with Crippen LogP contribution in [0.15, 0.2) is 0 Å². The minimum absolute atomic E-state index is 0.262. The van der Waals surface area contributed by atoms with E-state index in [1.54, 1.807) is 0 Å². The molecular formula is C8H15NOS2. The number of thioether (sulfide) groups is 1. The monoisotopic (exact) mass is 205 g/mol. The van der Waals surface area contributed by atoms with E-state index in [2.05, 4.69) is 19.6 Å². The molecule has 0 aromatic carbocycles. The number of hydrogen-bond acceptors (Lipinski definition) is 3. The lowest BCUT2D eigenvalue weighted by Gasteiger charge is -2.33. The second-order valence-corrected chi connectivity index (χ2v) is 4.58. The van der Waals surface area contributed by atoms with Gasteiger partial charge < -0.3 is 4.90 Å². The van der Waals surface area contributed by atoms with Gasteiger partial charge in [-0.25, -0.2) is 0 Å². The Morgan fingerprint density at radius 3 is 3.08 bits per heavy atom. The minimum Gasteiger partial charge on any atom is -0.338 e. The molecule has 1 fully saturated rings. The molecule has 1 saturated heterocycles. The standard InChI is InChI=1S/C8H15NOS2/c1-7-6-12-5-3-9(7)8(10)2-4-11/h7,11H,2-6H2,1H3. The van der Waals surface area contributed by atoms with Crippen LogP contribution in [-0.4, -0.2) is 40.7 Å². The van der Waals surface area contributed by atoms with Crippen molar-refractivity contribution in [2.45, 2.75) is 19.4 Å². The molecule has 1 atom stereocenters. The molecule has 12 heavy (non-hydrogen) atoms. The lowest BCUT2D eigenvalue weighted by atomic mass is 10.3. The Morgan fingerprint density at radius 1 is 1.75 bits per heavy atom. The average molecular weight is 205 g/mol. The molecule has 1 aliphatic rings. The van der Waals surface area contributed by atoms with Crippen molar-refractivity contribution < 1.29 is 4.79 Å². The molecule has 0 radical (unpaired) electrons. The second kappa shape index (κ2) is 5.02. The highest BCUT2D eigenvalue weighted by Gasteiger charge is 2.22. The lowest BCUT2D eigenvalue weighted by Crippen LogP contribution is -2.44. The summed E-state index contributed by atoms with van der Waals surface area (Å²) >= 11 is 5.99. The number of nitrogens with zero attached hydrogens (tertiary/aromatic N) is 1. The summed E-state index contributed by atoms with van der Waals surface area (Å²) in [4.78, 5) is 13.5. The van der Waals surface area contributed by atoms with Crippen molar-refractivity contribution in [2.24, 2.45) is 0 Å². The van der Waals surface area contributed by atoms with Crippen LogP contribution in [0.25, 0.3) is 0 Å². The van der Waals surface area contributed by atoms with Crippen molar-refractivity contribution in [3.63, 3.8) is 0 Å². The Kier molecular flexibility index (Phi) is 4.29. The number of carbonyl (C=O) groups is 1. The smallest absolute Gasteiger partial charge is 0.223 e. The van der Waals surface area contributed by atoms with Crippen LogP contribution in [0.4, 0.5) is 0 Å². The first-order chi connectivity index (χ1) is 5.75. The van der Waals surface area contributed by atoms with Crippen LogP contribution in [0, 0.1) is 0 Å². The third-order valence-corrected chi connectivity index (χ3v) is 3.43. The van der Waals surface area contributed by atoms with E-state index in [0.29, 0.717) is 18.2 Å². The number of thiol groups is 1. The van der Waals surface area contributed by atoms with Crippen LogP contribution in [0.5, 0.6) is 0 Å². The van der Waals surface area contributed by atoms with Crippen LogP contribution in [0.3, 0.4) is 0 Å². The predicted octanol–water partition coefficient (Wildman–Crippen LogP) is 1.27. The van der Waals surface area contributed by atoms with E-state index >= 15 is 0 Å². The highest BCUT2D eigenvalue weighted by Crippen LogP contribution is 2.16. The molecular weight excluding hydrogens is 190 g/mol. The summed E-state index contributed by atoms with van der Waals surface area (Å²) in [7, 11) is 0. The fourth-order valence-electron chi connectivity index (χ4n) is 1.34. The van der Waals surface area contributed by atoms with E-state index in [1.807, 2.05) is 16.7 Å². The van der Waals surface area contributed by atoms with Gasteiger partial charge in [0.2, 0.25) is 5.91 Å². The molecule has 0 aliphatic carbocycles. The Hall–Kier alpha value is 0.170. The van der Waals surface area contributed by atoms with Gasteiger partial charge in [0.25, 0.3) is 0 Å². The van der Waals surface area contributed by atoms with Gasteiger partial charge in [-0.1, -0.05) is 0 Å². The molecule has 0 saturated carbocycles. The normalized spacial score (nSPS) is 24.2. The zero-order valence-corrected chi connectivity index (χ0v) is 9.03. The number of rotatable bonds is 2. The summed E-state index contributed by atoms with van der Waals surface area (Å²) in [5, 5.41) is 0. The Labute approximate surface area is 83.5 Å². The summed E-state index contributed by atoms with van der Waals surface area (Å²) in [5.41, 5.74) is 0. The van der Waals surface area contributed by atoms with Crippen molar-refractivity contribution in [1.29, 1.82) is 0 Å². The molecule has 0 aromatic heterocycles. The van der Waals surface area contributed by atoms with Crippen LogP contribution in [0.1, 0.15) is 13.3 Å². The molecule has 4 heteroatoms. The van der Waals surface area contributed by atoms with Crippen molar-refractivity contribution in [3.8, 4) is 0 Å². The van der Waals surface area contributed by atoms with Crippen LogP contribution in [0.2, 0.25) is 0 Å². The van der Waals surface area contributed by atoms with E-state index in [4.69, 9.17) is 0 Å². The topological polar surface area (TPSA) is 20.3 Å². The molecule has 1 rings (SSSR count). The Bertz CT molecular complexity index is 163. The molecule has 1 aliphatic heterocycles. The van der Waals surface area contributed by atoms with E-state index < -0.39 is 0 Å². The Morgan fingerprint density at radius 2 is 2.50 bits per heavy atom. The average Bonchev–Trinajstić information content (AvgIpc) is 2.05. The quantitative estimate of drug-likeness (QED) is 0.685. The largest absolute Gasteiger partial charge is 0.338 e. The molecule has 1 amide bonds. The SMILES string of the molecule is CC1CSCCN1C(=O)CCS. The van der Waals surface area contributed by atoms with Gasteiger partial charge >= 0.3 is 0 Å². The molecule has 0 aromatic rings. The van der Waals surface area contributed by atoms with Crippen LogP contribution >= 0.6 is 24.4 Å². The van der Waals surface area contributed by atoms with Crippen LogP contribution in [-0.2, 0) is 4.79 Å². The number of hydrogen-bond donors (Lipinski definition) is 1. The Balaban J connectivity index is 2.42. The first kappa shape index (κ1) is 10.3. The van der Waals surface area contributed by atoms with E-state index in [0.717, 1.165) is 18.1 Å². The first-order valence-electron chi connectivity index (χ1n) is 4.23. The van der Waals surface area contributed by atoms with Crippen molar-refractivity contribution in [2.75, 3.05) is 23.8 Å². The molecule has 1 heterocycles. The van der Waals surface area contributed by atoms with Crippen molar-refractivity contribution in [3.05, 3.63) is 0 Å². The molecule has 0 spiro atoms. The molecule has 70 valence electrons. The zero-order valence-electron chi connectivity index (χ0n) is 7.32. The predicted molar refractivity (Wildman–Crippen MR) is 57.0 cm³/mol. The van der Waals surface area contributed by atoms with Gasteiger partial charge in [0, 0.05) is 30.5 Å². The maximum absolute atomic E-state index is 11.5. The third kappa shape index (κ3) is 2.59. The van der Waals surface area contributed by atoms with Gasteiger partial charge in [-0.2, -0.15) is 24.4 Å². The first-order valence-corrected chi connectivity index (χ1v) is 6.02. The van der Waals surface area contributed by atoms with Crippen molar-refractivity contribution >= 4 is 30.3 Å². The maximum Gasteiger partial charge on any atom is 0.223 e. The zero-order chi connectivity index (χ0) is 8.97. The summed E-state index contributed by atoms with van der Waals surface area (Å²) in [6, 6.07) is 0.413. The van der Waals surface area contributed by atoms with Gasteiger partial charge in [0.1, 0.15) is 0 Å². The summed E-state index contributed by atoms with van der Waals surface area (Å²) < 4.78 is 0. The highest BCUT2D eigenvalue weighted by atomic mass is 32.2. The summed E-state index contributed by atoms with van der Waals surface area (Å²) in [6.45, 7) is 3.03. The van der Waals surface area contributed by atoms with E-state index in [9.17, 15) is 4.79 Å². The minimum atomic E-state index is 0.262. The number of amides is 1. The molecule has 0 bridgehead atoms. The van der Waals surface area contributed by atoms with E-state index in [1.165, 1.54) is 0 Å². The van der Waals surface area contributed by atoms with Gasteiger partial charge in [0.05, 0.1) is 0 Å². The summed E-state index contributed by atoms with van der Waals surface area (Å²) in [5.74, 6) is 3.09. The van der Waals surface area contributed by atoms with Gasteiger partial charge in [-0.05, 0) is 12.7 Å². The van der Waals surface area contributed by atoms with Gasteiger partial charge in [-0.15, -0.1) is 0 Å².